The highest BCUT2D eigenvalue weighted by molar-refractivity contribution is 7.80. The van der Waals surface area contributed by atoms with E-state index in [-0.39, 0.29) is 11.1 Å². The summed E-state index contributed by atoms with van der Waals surface area (Å²) in [6.45, 7) is 4.93. The van der Waals surface area contributed by atoms with Gasteiger partial charge in [-0.25, -0.2) is 4.98 Å². The summed E-state index contributed by atoms with van der Waals surface area (Å²) in [5, 5.41) is 15.0. The van der Waals surface area contributed by atoms with Crippen molar-refractivity contribution in [1.82, 2.24) is 14.8 Å². The van der Waals surface area contributed by atoms with Gasteiger partial charge in [0.05, 0.1) is 4.92 Å². The average Bonchev–Trinajstić information content (AvgIpc) is 2.86. The third kappa shape index (κ3) is 3.36. The zero-order valence-corrected chi connectivity index (χ0v) is 12.2. The van der Waals surface area contributed by atoms with Gasteiger partial charge in [-0.05, 0) is 23.3 Å². The van der Waals surface area contributed by atoms with Crippen LogP contribution in [0.1, 0.15) is 13.8 Å². The summed E-state index contributed by atoms with van der Waals surface area (Å²) in [7, 11) is 0. The summed E-state index contributed by atoms with van der Waals surface area (Å²) in [4.78, 5) is 14.4. The molecule has 1 heterocycles. The number of aromatic nitrogens is 3. The highest BCUT2D eigenvalue weighted by atomic mass is 32.1. The van der Waals surface area contributed by atoms with E-state index in [1.54, 1.807) is 23.1 Å². The maximum atomic E-state index is 10.6. The van der Waals surface area contributed by atoms with Crippen LogP contribution >= 0.6 is 12.6 Å². The molecule has 0 bridgehead atoms. The standard InChI is InChI=1S/C13H16N4O2S/c1-13(2,8-20)7-16-9-14-12(15-16)10-3-5-11(6-4-10)17(18)19/h3-6,9,20H,7-8H2,1-2H3. The van der Waals surface area contributed by atoms with Gasteiger partial charge in [-0.2, -0.15) is 17.7 Å². The molecule has 106 valence electrons. The van der Waals surface area contributed by atoms with Crippen LogP contribution in [0.15, 0.2) is 30.6 Å². The Bertz CT molecular complexity index is 607. The largest absolute Gasteiger partial charge is 0.269 e. The molecule has 6 nitrogen and oxygen atoms in total. The molecule has 1 aromatic heterocycles. The molecule has 0 atom stereocenters. The average molecular weight is 292 g/mol. The molecule has 2 aromatic rings. The lowest BCUT2D eigenvalue weighted by molar-refractivity contribution is -0.384. The minimum absolute atomic E-state index is 0.0313. The van der Waals surface area contributed by atoms with Gasteiger partial charge < -0.3 is 0 Å². The molecular formula is C13H16N4O2S. The minimum atomic E-state index is -0.426. The topological polar surface area (TPSA) is 73.8 Å². The highest BCUT2D eigenvalue weighted by Crippen LogP contribution is 2.21. The van der Waals surface area contributed by atoms with Crippen molar-refractivity contribution in [2.24, 2.45) is 5.41 Å². The molecule has 0 aliphatic carbocycles. The Balaban J connectivity index is 2.18. The maximum Gasteiger partial charge on any atom is 0.269 e. The van der Waals surface area contributed by atoms with Crippen LogP contribution in [0, 0.1) is 15.5 Å². The minimum Gasteiger partial charge on any atom is -0.258 e. The molecule has 0 saturated carbocycles. The lowest BCUT2D eigenvalue weighted by atomic mass is 9.97. The summed E-state index contributed by atoms with van der Waals surface area (Å²) < 4.78 is 1.77. The number of thiol groups is 1. The van der Waals surface area contributed by atoms with Gasteiger partial charge in [0.25, 0.3) is 5.69 Å². The Morgan fingerprint density at radius 1 is 1.35 bits per heavy atom. The molecular weight excluding hydrogens is 276 g/mol. The lowest BCUT2D eigenvalue weighted by Crippen LogP contribution is -2.21. The van der Waals surface area contributed by atoms with E-state index in [9.17, 15) is 10.1 Å². The van der Waals surface area contributed by atoms with E-state index in [1.807, 2.05) is 0 Å². The lowest BCUT2D eigenvalue weighted by Gasteiger charge is -2.21. The van der Waals surface area contributed by atoms with Gasteiger partial charge in [-0.3, -0.25) is 14.8 Å². The summed E-state index contributed by atoms with van der Waals surface area (Å²) in [5.41, 5.74) is 0.853. The van der Waals surface area contributed by atoms with Gasteiger partial charge in [-0.1, -0.05) is 13.8 Å². The highest BCUT2D eigenvalue weighted by Gasteiger charge is 2.17. The summed E-state index contributed by atoms with van der Waals surface area (Å²) in [6, 6.07) is 6.21. The second-order valence-corrected chi connectivity index (χ2v) is 5.71. The van der Waals surface area contributed by atoms with Gasteiger partial charge in [0, 0.05) is 24.2 Å². The van der Waals surface area contributed by atoms with E-state index in [0.717, 1.165) is 17.9 Å². The Labute approximate surface area is 122 Å². The van der Waals surface area contributed by atoms with E-state index in [1.165, 1.54) is 12.1 Å². The first-order valence-electron chi connectivity index (χ1n) is 6.16. The second kappa shape index (κ2) is 5.62. The van der Waals surface area contributed by atoms with E-state index in [2.05, 4.69) is 36.6 Å². The summed E-state index contributed by atoms with van der Waals surface area (Å²) >= 11 is 4.31. The molecule has 0 N–H and O–H groups in total. The van der Waals surface area contributed by atoms with E-state index >= 15 is 0 Å². The Morgan fingerprint density at radius 3 is 2.55 bits per heavy atom. The maximum absolute atomic E-state index is 10.6. The third-order valence-corrected chi connectivity index (χ3v) is 3.75. The predicted octanol–water partition coefficient (Wildman–Crippen LogP) is 2.81. The van der Waals surface area contributed by atoms with Crippen molar-refractivity contribution < 1.29 is 4.92 Å². The Kier molecular flexibility index (Phi) is 4.08. The molecule has 0 fully saturated rings. The van der Waals surface area contributed by atoms with Crippen molar-refractivity contribution in [2.45, 2.75) is 20.4 Å². The number of nitro benzene ring substituents is 1. The number of benzene rings is 1. The van der Waals surface area contributed by atoms with Crippen molar-refractivity contribution >= 4 is 18.3 Å². The Morgan fingerprint density at radius 2 is 2.00 bits per heavy atom. The number of nitrogens with zero attached hydrogens (tertiary/aromatic N) is 4. The van der Waals surface area contributed by atoms with E-state index in [4.69, 9.17) is 0 Å². The van der Waals surface area contributed by atoms with Crippen molar-refractivity contribution in [1.29, 1.82) is 0 Å². The zero-order chi connectivity index (χ0) is 14.8. The quantitative estimate of drug-likeness (QED) is 0.522. The van der Waals surface area contributed by atoms with Crippen molar-refractivity contribution in [3.8, 4) is 11.4 Å². The van der Waals surface area contributed by atoms with Crippen LogP contribution in [0.2, 0.25) is 0 Å². The third-order valence-electron chi connectivity index (χ3n) is 2.89. The predicted molar refractivity (Wildman–Crippen MR) is 79.7 cm³/mol. The molecule has 0 unspecified atom stereocenters. The number of rotatable bonds is 5. The van der Waals surface area contributed by atoms with Crippen molar-refractivity contribution in [3.05, 3.63) is 40.7 Å². The van der Waals surface area contributed by atoms with Gasteiger partial charge in [0.15, 0.2) is 5.82 Å². The fourth-order valence-corrected chi connectivity index (χ4v) is 1.82. The van der Waals surface area contributed by atoms with Gasteiger partial charge >= 0.3 is 0 Å². The van der Waals surface area contributed by atoms with Gasteiger partial charge in [0.2, 0.25) is 0 Å². The van der Waals surface area contributed by atoms with Gasteiger partial charge in [0.1, 0.15) is 6.33 Å². The summed E-state index contributed by atoms with van der Waals surface area (Å²) in [6.07, 6.45) is 1.67. The number of hydrogen-bond donors (Lipinski definition) is 1. The van der Waals surface area contributed by atoms with Crippen molar-refractivity contribution in [3.63, 3.8) is 0 Å². The van der Waals surface area contributed by atoms with Crippen LogP contribution in [0.25, 0.3) is 11.4 Å². The van der Waals surface area contributed by atoms with E-state index in [0.29, 0.717) is 5.82 Å². The van der Waals surface area contributed by atoms with Crippen LogP contribution < -0.4 is 0 Å². The number of hydrogen-bond acceptors (Lipinski definition) is 5. The first-order chi connectivity index (χ1) is 9.41. The molecule has 20 heavy (non-hydrogen) atoms. The van der Waals surface area contributed by atoms with Crippen LogP contribution in [0.5, 0.6) is 0 Å². The fraction of sp³-hybridized carbons (Fsp3) is 0.385. The molecule has 0 saturated heterocycles. The summed E-state index contributed by atoms with van der Waals surface area (Å²) in [5.74, 6) is 1.31. The molecule has 0 aliphatic heterocycles. The molecule has 2 rings (SSSR count). The molecule has 1 aromatic carbocycles. The van der Waals surface area contributed by atoms with Gasteiger partial charge in [-0.15, -0.1) is 0 Å². The van der Waals surface area contributed by atoms with Crippen molar-refractivity contribution in [2.75, 3.05) is 5.75 Å². The fourth-order valence-electron chi connectivity index (χ4n) is 1.72. The van der Waals surface area contributed by atoms with Crippen LogP contribution in [-0.4, -0.2) is 25.4 Å². The molecule has 0 amide bonds. The second-order valence-electron chi connectivity index (χ2n) is 5.39. The zero-order valence-electron chi connectivity index (χ0n) is 11.4. The normalized spacial score (nSPS) is 11.6. The van der Waals surface area contributed by atoms with Crippen LogP contribution in [0.3, 0.4) is 0 Å². The number of nitro groups is 1. The molecule has 0 aliphatic rings. The first kappa shape index (κ1) is 14.5. The smallest absolute Gasteiger partial charge is 0.258 e. The van der Waals surface area contributed by atoms with Crippen LogP contribution in [-0.2, 0) is 6.54 Å². The number of non-ortho nitro benzene ring substituents is 1. The Hall–Kier alpha value is -1.89. The molecule has 0 spiro atoms. The molecule has 7 heteroatoms. The van der Waals surface area contributed by atoms with Crippen LogP contribution in [0.4, 0.5) is 5.69 Å². The first-order valence-corrected chi connectivity index (χ1v) is 6.80. The molecule has 0 radical (unpaired) electrons. The monoisotopic (exact) mass is 292 g/mol. The SMILES string of the molecule is CC(C)(CS)Cn1cnc(-c2ccc([N+](=O)[O-])cc2)n1. The van der Waals surface area contributed by atoms with E-state index < -0.39 is 4.92 Å².